The third-order valence-electron chi connectivity index (χ3n) is 2.80. The Labute approximate surface area is 143 Å². The molecule has 0 unspecified atom stereocenters. The Morgan fingerprint density at radius 3 is 2.05 bits per heavy atom. The van der Waals surface area contributed by atoms with Crippen molar-refractivity contribution in [3.05, 3.63) is 38.0 Å². The average Bonchev–Trinajstić information content (AvgIpc) is 2.42. The number of hydrogen-bond donors (Lipinski definition) is 0. The van der Waals surface area contributed by atoms with Crippen molar-refractivity contribution < 1.29 is 14.3 Å². The van der Waals surface area contributed by atoms with Crippen LogP contribution in [-0.4, -0.2) is 22.9 Å². The molecule has 0 heterocycles. The molecule has 0 aliphatic rings. The second-order valence-electron chi connectivity index (χ2n) is 6.29. The molecule has 0 aromatic rings. The summed E-state index contributed by atoms with van der Waals surface area (Å²) >= 11 is 5.81. The normalized spacial score (nSPS) is 11.4. The molecule has 0 saturated carbocycles. The standard InChI is InChI=1S/C17H26O3S2/c1-7-10-17(9-3,11-8-2)13-19-14(18)22-15(21)20-12-16(4,5)6/h7-9H,1-3,10-13H2,4-6H3. The lowest BCUT2D eigenvalue weighted by Crippen LogP contribution is -2.25. The quantitative estimate of drug-likeness (QED) is 0.329. The minimum Gasteiger partial charge on any atom is -0.478 e. The Hall–Kier alpha value is -1.07. The minimum absolute atomic E-state index is 0.0135. The van der Waals surface area contributed by atoms with Crippen molar-refractivity contribution >= 4 is 33.7 Å². The number of hydrogen-bond acceptors (Lipinski definition) is 5. The molecule has 0 aromatic carbocycles. The highest BCUT2D eigenvalue weighted by Gasteiger charge is 2.26. The molecule has 0 rings (SSSR count). The third-order valence-corrected chi connectivity index (χ3v) is 3.74. The zero-order valence-electron chi connectivity index (χ0n) is 13.7. The average molecular weight is 343 g/mol. The van der Waals surface area contributed by atoms with Gasteiger partial charge in [0.05, 0.1) is 6.61 Å². The second-order valence-corrected chi connectivity index (χ2v) is 7.83. The zero-order chi connectivity index (χ0) is 17.2. The van der Waals surface area contributed by atoms with Crippen molar-refractivity contribution in [3.8, 4) is 0 Å². The van der Waals surface area contributed by atoms with Gasteiger partial charge < -0.3 is 9.47 Å². The molecule has 124 valence electrons. The van der Waals surface area contributed by atoms with E-state index in [2.05, 4.69) is 19.7 Å². The lowest BCUT2D eigenvalue weighted by Gasteiger charge is -2.27. The van der Waals surface area contributed by atoms with Crippen molar-refractivity contribution in [2.45, 2.75) is 33.6 Å². The van der Waals surface area contributed by atoms with Gasteiger partial charge in [0.25, 0.3) is 0 Å². The van der Waals surface area contributed by atoms with Crippen LogP contribution in [0.3, 0.4) is 0 Å². The first-order valence-corrected chi connectivity index (χ1v) is 8.27. The van der Waals surface area contributed by atoms with Gasteiger partial charge >= 0.3 is 5.30 Å². The van der Waals surface area contributed by atoms with E-state index in [0.29, 0.717) is 19.4 Å². The van der Waals surface area contributed by atoms with Crippen LogP contribution in [0, 0.1) is 10.8 Å². The highest BCUT2D eigenvalue weighted by molar-refractivity contribution is 8.32. The molecule has 5 heteroatoms. The number of thioether (sulfide) groups is 1. The molecule has 0 aliphatic carbocycles. The summed E-state index contributed by atoms with van der Waals surface area (Å²) in [5, 5.41) is -0.474. The summed E-state index contributed by atoms with van der Waals surface area (Å²) in [6.45, 7) is 18.0. The van der Waals surface area contributed by atoms with Crippen LogP contribution in [-0.2, 0) is 9.47 Å². The maximum atomic E-state index is 11.8. The predicted octanol–water partition coefficient (Wildman–Crippen LogP) is 5.53. The summed E-state index contributed by atoms with van der Waals surface area (Å²) in [5.41, 5.74) is -0.381. The van der Waals surface area contributed by atoms with Crippen molar-refractivity contribution in [2.24, 2.45) is 10.8 Å². The van der Waals surface area contributed by atoms with Crippen LogP contribution in [0.2, 0.25) is 0 Å². The largest absolute Gasteiger partial charge is 0.478 e. The molecule has 0 atom stereocenters. The van der Waals surface area contributed by atoms with Gasteiger partial charge in [-0.1, -0.05) is 39.0 Å². The first-order chi connectivity index (χ1) is 10.2. The van der Waals surface area contributed by atoms with Gasteiger partial charge in [0.2, 0.25) is 4.38 Å². The molecule has 0 N–H and O–H groups in total. The fraction of sp³-hybridized carbons (Fsp3) is 0.529. The van der Waals surface area contributed by atoms with Crippen molar-refractivity contribution in [3.63, 3.8) is 0 Å². The van der Waals surface area contributed by atoms with E-state index in [0.717, 1.165) is 11.8 Å². The van der Waals surface area contributed by atoms with E-state index < -0.39 is 5.30 Å². The Morgan fingerprint density at radius 2 is 1.64 bits per heavy atom. The van der Waals surface area contributed by atoms with Crippen LogP contribution in [0.15, 0.2) is 38.0 Å². The number of carbonyl (C=O) groups excluding carboxylic acids is 1. The number of thiocarbonyl (C=S) groups is 1. The molecule has 0 bridgehead atoms. The number of rotatable bonds is 8. The smallest absolute Gasteiger partial charge is 0.376 e. The summed E-state index contributed by atoms with van der Waals surface area (Å²) in [7, 11) is 0. The van der Waals surface area contributed by atoms with Crippen LogP contribution in [0.5, 0.6) is 0 Å². The van der Waals surface area contributed by atoms with E-state index in [1.807, 2.05) is 20.8 Å². The molecule has 3 nitrogen and oxygen atoms in total. The van der Waals surface area contributed by atoms with Gasteiger partial charge in [-0.15, -0.1) is 19.7 Å². The third kappa shape index (κ3) is 9.05. The van der Waals surface area contributed by atoms with Crippen LogP contribution in [0.25, 0.3) is 0 Å². The summed E-state index contributed by atoms with van der Waals surface area (Å²) in [5.74, 6) is 0. The molecule has 0 spiro atoms. The number of ether oxygens (including phenoxy) is 2. The van der Waals surface area contributed by atoms with Crippen LogP contribution >= 0.6 is 24.0 Å². The Morgan fingerprint density at radius 1 is 1.09 bits per heavy atom. The molecule has 0 amide bonds. The van der Waals surface area contributed by atoms with Gasteiger partial charge in [0.1, 0.15) is 6.61 Å². The molecule has 0 radical (unpaired) electrons. The summed E-state index contributed by atoms with van der Waals surface area (Å²) in [6, 6.07) is 0. The zero-order valence-corrected chi connectivity index (χ0v) is 15.4. The van der Waals surface area contributed by atoms with Gasteiger partial charge in [-0.2, -0.15) is 0 Å². The van der Waals surface area contributed by atoms with Gasteiger partial charge in [-0.3, -0.25) is 0 Å². The fourth-order valence-corrected chi connectivity index (χ4v) is 2.24. The maximum absolute atomic E-state index is 11.8. The molecular weight excluding hydrogens is 316 g/mol. The Balaban J connectivity index is 4.40. The molecule has 0 aliphatic heterocycles. The molecule has 0 fully saturated rings. The lowest BCUT2D eigenvalue weighted by atomic mass is 9.82. The topological polar surface area (TPSA) is 35.5 Å². The Bertz CT molecular complexity index is 412. The number of allylic oxidation sites excluding steroid dienone is 2. The minimum atomic E-state index is -0.474. The van der Waals surface area contributed by atoms with Gasteiger partial charge in [0, 0.05) is 17.2 Å². The summed E-state index contributed by atoms with van der Waals surface area (Å²) in [6.07, 6.45) is 6.66. The molecular formula is C17H26O3S2. The first kappa shape index (κ1) is 20.9. The second kappa shape index (κ2) is 9.85. The van der Waals surface area contributed by atoms with E-state index in [-0.39, 0.29) is 21.8 Å². The van der Waals surface area contributed by atoms with E-state index in [1.54, 1.807) is 18.2 Å². The van der Waals surface area contributed by atoms with Crippen LogP contribution in [0.4, 0.5) is 4.79 Å². The van der Waals surface area contributed by atoms with Crippen molar-refractivity contribution in [1.29, 1.82) is 0 Å². The van der Waals surface area contributed by atoms with Gasteiger partial charge in [0.15, 0.2) is 0 Å². The molecule has 0 aromatic heterocycles. The van der Waals surface area contributed by atoms with E-state index in [1.165, 1.54) is 0 Å². The lowest BCUT2D eigenvalue weighted by molar-refractivity contribution is 0.128. The molecule has 0 saturated heterocycles. The summed E-state index contributed by atoms with van der Waals surface area (Å²) in [4.78, 5) is 11.8. The maximum Gasteiger partial charge on any atom is 0.376 e. The van der Waals surface area contributed by atoms with Crippen LogP contribution < -0.4 is 0 Å². The van der Waals surface area contributed by atoms with E-state index in [9.17, 15) is 4.79 Å². The first-order valence-electron chi connectivity index (χ1n) is 7.05. The predicted molar refractivity (Wildman–Crippen MR) is 99.2 cm³/mol. The van der Waals surface area contributed by atoms with Gasteiger partial charge in [-0.05, 0) is 30.5 Å². The van der Waals surface area contributed by atoms with E-state index in [4.69, 9.17) is 21.7 Å². The van der Waals surface area contributed by atoms with E-state index >= 15 is 0 Å². The SMILES string of the molecule is C=CCC(C=C)(CC=C)COC(=O)SC(=S)OCC(C)(C)C. The highest BCUT2D eigenvalue weighted by Crippen LogP contribution is 2.30. The monoisotopic (exact) mass is 342 g/mol. The van der Waals surface area contributed by atoms with Crippen LogP contribution in [0.1, 0.15) is 33.6 Å². The molecule has 22 heavy (non-hydrogen) atoms. The highest BCUT2D eigenvalue weighted by atomic mass is 32.2. The van der Waals surface area contributed by atoms with Gasteiger partial charge in [-0.25, -0.2) is 4.79 Å². The number of carbonyl (C=O) groups is 1. The van der Waals surface area contributed by atoms with Crippen molar-refractivity contribution in [2.75, 3.05) is 13.2 Å². The fourth-order valence-electron chi connectivity index (χ4n) is 1.61. The summed E-state index contributed by atoms with van der Waals surface area (Å²) < 4.78 is 10.8. The van der Waals surface area contributed by atoms with Crippen molar-refractivity contribution in [1.82, 2.24) is 0 Å². The Kier molecular flexibility index (Phi) is 9.37.